The summed E-state index contributed by atoms with van der Waals surface area (Å²) in [5, 5.41) is 5.72. The highest BCUT2D eigenvalue weighted by Crippen LogP contribution is 2.30. The van der Waals surface area contributed by atoms with E-state index in [4.69, 9.17) is 11.6 Å². The van der Waals surface area contributed by atoms with Crippen LogP contribution < -0.4 is 15.5 Å². The molecule has 2 aromatic carbocycles. The number of carbonyl (C=O) groups excluding carboxylic acids is 3. The molecule has 198 valence electrons. The van der Waals surface area contributed by atoms with Gasteiger partial charge in [0.25, 0.3) is 0 Å². The third kappa shape index (κ3) is 6.92. The maximum absolute atomic E-state index is 13.1. The SMILES string of the molecule is O=C(CC1C(=O)NCCN1C(=O)CN1CCN(c2ccc(Cl)cc2)CC1)Nc1cccc(C(F)(F)F)c1. The van der Waals surface area contributed by atoms with Crippen molar-refractivity contribution in [1.29, 1.82) is 0 Å². The number of alkyl halides is 3. The lowest BCUT2D eigenvalue weighted by Crippen LogP contribution is -2.60. The largest absolute Gasteiger partial charge is 0.416 e. The minimum Gasteiger partial charge on any atom is -0.369 e. The number of nitrogens with zero attached hydrogens (tertiary/aromatic N) is 3. The number of carbonyl (C=O) groups is 3. The zero-order valence-electron chi connectivity index (χ0n) is 19.9. The number of piperazine rings is 2. The molecular weight excluding hydrogens is 511 g/mol. The minimum absolute atomic E-state index is 0.0347. The van der Waals surface area contributed by atoms with Gasteiger partial charge in [-0.3, -0.25) is 19.3 Å². The van der Waals surface area contributed by atoms with Gasteiger partial charge in [-0.15, -0.1) is 0 Å². The lowest BCUT2D eigenvalue weighted by atomic mass is 10.1. The first-order valence-corrected chi connectivity index (χ1v) is 12.2. The molecule has 1 atom stereocenters. The number of anilines is 2. The molecule has 2 heterocycles. The predicted molar refractivity (Wildman–Crippen MR) is 133 cm³/mol. The second-order valence-corrected chi connectivity index (χ2v) is 9.40. The van der Waals surface area contributed by atoms with Gasteiger partial charge in [-0.05, 0) is 42.5 Å². The molecule has 1 unspecified atom stereocenters. The lowest BCUT2D eigenvalue weighted by molar-refractivity contribution is -0.145. The van der Waals surface area contributed by atoms with E-state index in [1.807, 2.05) is 29.2 Å². The Morgan fingerprint density at radius 1 is 1.03 bits per heavy atom. The number of benzene rings is 2. The van der Waals surface area contributed by atoms with E-state index in [2.05, 4.69) is 15.5 Å². The van der Waals surface area contributed by atoms with E-state index in [-0.39, 0.29) is 37.6 Å². The molecule has 0 saturated carbocycles. The van der Waals surface area contributed by atoms with Crippen LogP contribution in [0.3, 0.4) is 0 Å². The molecular formula is C25H27ClF3N5O3. The third-order valence-electron chi connectivity index (χ3n) is 6.43. The summed E-state index contributed by atoms with van der Waals surface area (Å²) in [7, 11) is 0. The van der Waals surface area contributed by atoms with Crippen LogP contribution in [0.2, 0.25) is 5.02 Å². The minimum atomic E-state index is -4.55. The highest BCUT2D eigenvalue weighted by atomic mass is 35.5. The maximum Gasteiger partial charge on any atom is 0.416 e. The fourth-order valence-electron chi connectivity index (χ4n) is 4.48. The van der Waals surface area contributed by atoms with Crippen molar-refractivity contribution in [2.24, 2.45) is 0 Å². The Hall–Kier alpha value is -3.31. The molecule has 2 aliphatic heterocycles. The van der Waals surface area contributed by atoms with Crippen LogP contribution >= 0.6 is 11.6 Å². The molecule has 4 rings (SSSR count). The van der Waals surface area contributed by atoms with Crippen molar-refractivity contribution in [3.05, 3.63) is 59.1 Å². The summed E-state index contributed by atoms with van der Waals surface area (Å²) in [5.74, 6) is -1.39. The number of halogens is 4. The van der Waals surface area contributed by atoms with Crippen molar-refractivity contribution in [2.75, 3.05) is 56.0 Å². The molecule has 12 heteroatoms. The molecule has 0 aliphatic carbocycles. The fraction of sp³-hybridized carbons (Fsp3) is 0.400. The summed E-state index contributed by atoms with van der Waals surface area (Å²) in [6.07, 6.45) is -4.91. The van der Waals surface area contributed by atoms with Gasteiger partial charge in [0.15, 0.2) is 0 Å². The number of nitrogens with one attached hydrogen (secondary N) is 2. The molecule has 8 nitrogen and oxygen atoms in total. The topological polar surface area (TPSA) is 85.0 Å². The molecule has 0 aromatic heterocycles. The molecule has 0 bridgehead atoms. The summed E-state index contributed by atoms with van der Waals surface area (Å²) < 4.78 is 38.9. The first-order chi connectivity index (χ1) is 17.6. The smallest absolute Gasteiger partial charge is 0.369 e. The van der Waals surface area contributed by atoms with Crippen LogP contribution in [0.5, 0.6) is 0 Å². The van der Waals surface area contributed by atoms with Crippen molar-refractivity contribution < 1.29 is 27.6 Å². The zero-order valence-corrected chi connectivity index (χ0v) is 20.7. The summed E-state index contributed by atoms with van der Waals surface area (Å²) in [6, 6.07) is 10.8. The quantitative estimate of drug-likeness (QED) is 0.592. The molecule has 37 heavy (non-hydrogen) atoms. The van der Waals surface area contributed by atoms with Gasteiger partial charge in [-0.1, -0.05) is 17.7 Å². The van der Waals surface area contributed by atoms with Crippen molar-refractivity contribution in [3.63, 3.8) is 0 Å². The molecule has 2 aliphatic rings. The Kier molecular flexibility index (Phi) is 8.23. The standard InChI is InChI=1S/C25H27ClF3N5O3/c26-18-4-6-20(7-5-18)33-12-10-32(11-13-33)16-23(36)34-9-8-30-24(37)21(34)15-22(35)31-19-3-1-2-17(14-19)25(27,28)29/h1-7,14,21H,8-13,15-16H2,(H,30,37)(H,31,35). The van der Waals surface area contributed by atoms with E-state index in [0.717, 1.165) is 30.9 Å². The molecule has 2 N–H and O–H groups in total. The van der Waals surface area contributed by atoms with E-state index >= 15 is 0 Å². The number of hydrogen-bond acceptors (Lipinski definition) is 5. The second-order valence-electron chi connectivity index (χ2n) is 8.96. The average Bonchev–Trinajstić information content (AvgIpc) is 2.86. The number of hydrogen-bond donors (Lipinski definition) is 2. The predicted octanol–water partition coefficient (Wildman–Crippen LogP) is 2.84. The monoisotopic (exact) mass is 537 g/mol. The normalized spacial score (nSPS) is 18.9. The Morgan fingerprint density at radius 2 is 1.73 bits per heavy atom. The van der Waals surface area contributed by atoms with Crippen LogP contribution in [-0.2, 0) is 20.6 Å². The Balaban J connectivity index is 1.33. The van der Waals surface area contributed by atoms with E-state index in [9.17, 15) is 27.6 Å². The van der Waals surface area contributed by atoms with Gasteiger partial charge in [-0.25, -0.2) is 0 Å². The van der Waals surface area contributed by atoms with Crippen molar-refractivity contribution in [2.45, 2.75) is 18.6 Å². The van der Waals surface area contributed by atoms with Gasteiger partial charge >= 0.3 is 6.18 Å². The molecule has 2 saturated heterocycles. The third-order valence-corrected chi connectivity index (χ3v) is 6.68. The van der Waals surface area contributed by atoms with Crippen LogP contribution in [0.15, 0.2) is 48.5 Å². The lowest BCUT2D eigenvalue weighted by Gasteiger charge is -2.39. The van der Waals surface area contributed by atoms with E-state index in [1.54, 1.807) is 0 Å². The summed E-state index contributed by atoms with van der Waals surface area (Å²) in [6.45, 7) is 3.35. The molecule has 2 fully saturated rings. The average molecular weight is 538 g/mol. The van der Waals surface area contributed by atoms with E-state index < -0.39 is 29.6 Å². The highest BCUT2D eigenvalue weighted by molar-refractivity contribution is 6.30. The van der Waals surface area contributed by atoms with Gasteiger partial charge in [0.1, 0.15) is 6.04 Å². The van der Waals surface area contributed by atoms with Gasteiger partial charge in [0.2, 0.25) is 17.7 Å². The Morgan fingerprint density at radius 3 is 2.41 bits per heavy atom. The van der Waals surface area contributed by atoms with Crippen LogP contribution in [0.4, 0.5) is 24.5 Å². The van der Waals surface area contributed by atoms with Crippen molar-refractivity contribution >= 4 is 40.7 Å². The van der Waals surface area contributed by atoms with E-state index in [1.165, 1.54) is 17.0 Å². The molecule has 0 radical (unpaired) electrons. The van der Waals surface area contributed by atoms with Crippen LogP contribution in [-0.4, -0.2) is 79.4 Å². The molecule has 3 amide bonds. The zero-order chi connectivity index (χ0) is 26.6. The maximum atomic E-state index is 13.1. The fourth-order valence-corrected chi connectivity index (χ4v) is 4.60. The summed E-state index contributed by atoms with van der Waals surface area (Å²) in [5.41, 5.74) is 0.121. The molecule has 0 spiro atoms. The summed E-state index contributed by atoms with van der Waals surface area (Å²) in [4.78, 5) is 43.9. The van der Waals surface area contributed by atoms with Gasteiger partial charge in [0, 0.05) is 55.7 Å². The first kappa shape index (κ1) is 26.7. The van der Waals surface area contributed by atoms with Gasteiger partial charge < -0.3 is 20.4 Å². The second kappa shape index (κ2) is 11.4. The number of amides is 3. The first-order valence-electron chi connectivity index (χ1n) is 11.9. The Bertz CT molecular complexity index is 1140. The van der Waals surface area contributed by atoms with Crippen molar-refractivity contribution in [1.82, 2.24) is 15.1 Å². The summed E-state index contributed by atoms with van der Waals surface area (Å²) >= 11 is 5.96. The Labute approximate surface area is 217 Å². The van der Waals surface area contributed by atoms with Gasteiger partial charge in [0.05, 0.1) is 18.5 Å². The molecule has 2 aromatic rings. The van der Waals surface area contributed by atoms with Crippen LogP contribution in [0.1, 0.15) is 12.0 Å². The number of rotatable bonds is 6. The van der Waals surface area contributed by atoms with Crippen LogP contribution in [0, 0.1) is 0 Å². The van der Waals surface area contributed by atoms with Crippen LogP contribution in [0.25, 0.3) is 0 Å². The van der Waals surface area contributed by atoms with Gasteiger partial charge in [-0.2, -0.15) is 13.2 Å². The van der Waals surface area contributed by atoms with Crippen molar-refractivity contribution in [3.8, 4) is 0 Å². The van der Waals surface area contributed by atoms with E-state index in [0.29, 0.717) is 18.1 Å². The highest BCUT2D eigenvalue weighted by Gasteiger charge is 2.36.